The number of nitrogens with zero attached hydrogens (tertiary/aromatic N) is 1. The zero-order valence-corrected chi connectivity index (χ0v) is 12.2. The molecular weight excluding hydrogens is 239 g/mol. The third kappa shape index (κ3) is 4.20. The van der Waals surface area contributed by atoms with Gasteiger partial charge in [0.1, 0.15) is 5.82 Å². The predicted octanol–water partition coefficient (Wildman–Crippen LogP) is 3.67. The number of halogens is 1. The number of rotatable bonds is 4. The van der Waals surface area contributed by atoms with Gasteiger partial charge in [0.2, 0.25) is 0 Å². The van der Waals surface area contributed by atoms with Crippen LogP contribution in [0.5, 0.6) is 0 Å². The van der Waals surface area contributed by atoms with Crippen molar-refractivity contribution in [2.24, 2.45) is 5.92 Å². The van der Waals surface area contributed by atoms with Crippen LogP contribution in [0, 0.1) is 18.7 Å². The largest absolute Gasteiger partial charge is 0.380 e. The summed E-state index contributed by atoms with van der Waals surface area (Å²) in [5.41, 5.74) is 1.75. The van der Waals surface area contributed by atoms with E-state index in [-0.39, 0.29) is 5.82 Å². The van der Waals surface area contributed by atoms with Crippen molar-refractivity contribution in [1.29, 1.82) is 0 Å². The van der Waals surface area contributed by atoms with E-state index < -0.39 is 0 Å². The maximum Gasteiger partial charge on any atom is 0.146 e. The van der Waals surface area contributed by atoms with Crippen LogP contribution in [0.4, 0.5) is 10.1 Å². The van der Waals surface area contributed by atoms with Crippen molar-refractivity contribution in [3.05, 3.63) is 29.6 Å². The first-order valence-corrected chi connectivity index (χ1v) is 7.29. The summed E-state index contributed by atoms with van der Waals surface area (Å²) in [6.07, 6.45) is 2.19. The summed E-state index contributed by atoms with van der Waals surface area (Å²) < 4.78 is 13.7. The van der Waals surface area contributed by atoms with E-state index >= 15 is 0 Å². The second kappa shape index (κ2) is 6.38. The van der Waals surface area contributed by atoms with Crippen molar-refractivity contribution in [1.82, 2.24) is 4.90 Å². The Morgan fingerprint density at radius 1 is 1.32 bits per heavy atom. The number of aryl methyl sites for hydroxylation is 1. The Labute approximate surface area is 116 Å². The van der Waals surface area contributed by atoms with Gasteiger partial charge in [-0.3, -0.25) is 0 Å². The highest BCUT2D eigenvalue weighted by atomic mass is 19.1. The normalized spacial score (nSPS) is 17.9. The fraction of sp³-hybridized carbons (Fsp3) is 0.625. The average Bonchev–Trinajstić information content (AvgIpc) is 2.35. The fourth-order valence-electron chi connectivity index (χ4n) is 2.75. The Kier molecular flexibility index (Phi) is 4.81. The van der Waals surface area contributed by atoms with Crippen LogP contribution in [0.2, 0.25) is 0 Å². The summed E-state index contributed by atoms with van der Waals surface area (Å²) in [6, 6.07) is 5.66. The lowest BCUT2D eigenvalue weighted by Gasteiger charge is -2.33. The van der Waals surface area contributed by atoms with Crippen LogP contribution in [0.15, 0.2) is 18.2 Å². The highest BCUT2D eigenvalue weighted by Gasteiger charge is 2.20. The lowest BCUT2D eigenvalue weighted by atomic mass is 10.0. The van der Waals surface area contributed by atoms with E-state index in [0.29, 0.717) is 11.7 Å². The molecule has 106 valence electrons. The third-order valence-electron chi connectivity index (χ3n) is 3.69. The first-order valence-electron chi connectivity index (χ1n) is 7.29. The first kappa shape index (κ1) is 14.3. The molecule has 1 N–H and O–H groups in total. The molecule has 0 aromatic heterocycles. The zero-order chi connectivity index (χ0) is 13.8. The molecule has 2 nitrogen and oxygen atoms in total. The number of likely N-dealkylation sites (tertiary alicyclic amines) is 1. The van der Waals surface area contributed by atoms with Gasteiger partial charge in [-0.05, 0) is 43.4 Å². The van der Waals surface area contributed by atoms with Gasteiger partial charge in [0.15, 0.2) is 0 Å². The molecule has 0 radical (unpaired) electrons. The molecule has 1 aliphatic rings. The summed E-state index contributed by atoms with van der Waals surface area (Å²) in [5, 5.41) is 3.36. The van der Waals surface area contributed by atoms with Gasteiger partial charge in [-0.2, -0.15) is 0 Å². The lowest BCUT2D eigenvalue weighted by Crippen LogP contribution is -2.40. The van der Waals surface area contributed by atoms with Crippen LogP contribution in [0.3, 0.4) is 0 Å². The highest BCUT2D eigenvalue weighted by Crippen LogP contribution is 2.21. The van der Waals surface area contributed by atoms with Crippen molar-refractivity contribution in [2.75, 3.05) is 25.0 Å². The Morgan fingerprint density at radius 3 is 2.63 bits per heavy atom. The Balaban J connectivity index is 1.87. The van der Waals surface area contributed by atoms with E-state index in [4.69, 9.17) is 0 Å². The lowest BCUT2D eigenvalue weighted by molar-refractivity contribution is 0.198. The van der Waals surface area contributed by atoms with Crippen molar-refractivity contribution in [3.8, 4) is 0 Å². The summed E-state index contributed by atoms with van der Waals surface area (Å²) in [7, 11) is 0. The molecule has 0 atom stereocenters. The van der Waals surface area contributed by atoms with Crippen LogP contribution in [0.25, 0.3) is 0 Å². The van der Waals surface area contributed by atoms with E-state index in [0.717, 1.165) is 37.4 Å². The average molecular weight is 264 g/mol. The Bertz CT molecular complexity index is 409. The van der Waals surface area contributed by atoms with Gasteiger partial charge >= 0.3 is 0 Å². The third-order valence-corrected chi connectivity index (χ3v) is 3.69. The summed E-state index contributed by atoms with van der Waals surface area (Å²) in [6.45, 7) is 9.91. The van der Waals surface area contributed by atoms with E-state index in [2.05, 4.69) is 24.1 Å². The van der Waals surface area contributed by atoms with Crippen molar-refractivity contribution >= 4 is 5.69 Å². The monoisotopic (exact) mass is 264 g/mol. The summed E-state index contributed by atoms with van der Waals surface area (Å²) in [5.74, 6) is 0.578. The van der Waals surface area contributed by atoms with E-state index in [9.17, 15) is 4.39 Å². The number of piperidine rings is 1. The number of hydrogen-bond acceptors (Lipinski definition) is 2. The minimum absolute atomic E-state index is 0.143. The van der Waals surface area contributed by atoms with E-state index in [1.807, 2.05) is 19.1 Å². The topological polar surface area (TPSA) is 15.3 Å². The van der Waals surface area contributed by atoms with Gasteiger partial charge in [-0.15, -0.1) is 0 Å². The number of nitrogens with one attached hydrogen (secondary N) is 1. The Morgan fingerprint density at radius 2 is 2.00 bits per heavy atom. The smallest absolute Gasteiger partial charge is 0.146 e. The minimum Gasteiger partial charge on any atom is -0.380 e. The maximum absolute atomic E-state index is 13.7. The molecule has 0 unspecified atom stereocenters. The van der Waals surface area contributed by atoms with Gasteiger partial charge in [0.05, 0.1) is 5.69 Å². The second-order valence-electron chi connectivity index (χ2n) is 6.10. The number of anilines is 1. The number of hydrogen-bond donors (Lipinski definition) is 1. The molecular formula is C16H25FN2. The van der Waals surface area contributed by atoms with Crippen LogP contribution in [-0.2, 0) is 0 Å². The Hall–Kier alpha value is -1.09. The minimum atomic E-state index is -0.143. The molecule has 19 heavy (non-hydrogen) atoms. The molecule has 0 bridgehead atoms. The molecule has 1 aliphatic heterocycles. The quantitative estimate of drug-likeness (QED) is 0.892. The molecule has 0 amide bonds. The molecule has 0 spiro atoms. The molecule has 1 aromatic rings. The molecule has 2 rings (SSSR count). The SMILES string of the molecule is Cc1ccc(F)c(NC2CCN(CC(C)C)CC2)c1. The van der Waals surface area contributed by atoms with Crippen molar-refractivity contribution in [3.63, 3.8) is 0 Å². The summed E-state index contributed by atoms with van der Waals surface area (Å²) in [4.78, 5) is 2.51. The number of benzene rings is 1. The molecule has 0 aliphatic carbocycles. The van der Waals surface area contributed by atoms with E-state index in [1.165, 1.54) is 6.54 Å². The van der Waals surface area contributed by atoms with Crippen molar-refractivity contribution in [2.45, 2.75) is 39.7 Å². The van der Waals surface area contributed by atoms with Gasteiger partial charge in [0, 0.05) is 25.7 Å². The standard InChI is InChI=1S/C16H25FN2/c1-12(2)11-19-8-6-14(7-9-19)18-16-10-13(3)4-5-15(16)17/h4-5,10,12,14,18H,6-9,11H2,1-3H3. The fourth-order valence-corrected chi connectivity index (χ4v) is 2.75. The van der Waals surface area contributed by atoms with Crippen LogP contribution in [-0.4, -0.2) is 30.6 Å². The molecule has 1 aromatic carbocycles. The van der Waals surface area contributed by atoms with Crippen LogP contribution in [0.1, 0.15) is 32.3 Å². The predicted molar refractivity (Wildman–Crippen MR) is 79.1 cm³/mol. The molecule has 0 saturated carbocycles. The summed E-state index contributed by atoms with van der Waals surface area (Å²) >= 11 is 0. The zero-order valence-electron chi connectivity index (χ0n) is 12.2. The molecule has 1 saturated heterocycles. The molecule has 1 fully saturated rings. The first-order chi connectivity index (χ1) is 9.04. The highest BCUT2D eigenvalue weighted by molar-refractivity contribution is 5.47. The molecule has 3 heteroatoms. The van der Waals surface area contributed by atoms with Crippen molar-refractivity contribution < 1.29 is 4.39 Å². The van der Waals surface area contributed by atoms with Crippen LogP contribution >= 0.6 is 0 Å². The van der Waals surface area contributed by atoms with Gasteiger partial charge in [-0.25, -0.2) is 4.39 Å². The molecule has 1 heterocycles. The van der Waals surface area contributed by atoms with Gasteiger partial charge < -0.3 is 10.2 Å². The second-order valence-corrected chi connectivity index (χ2v) is 6.10. The van der Waals surface area contributed by atoms with Gasteiger partial charge in [-0.1, -0.05) is 19.9 Å². The van der Waals surface area contributed by atoms with Crippen LogP contribution < -0.4 is 5.32 Å². The van der Waals surface area contributed by atoms with E-state index in [1.54, 1.807) is 6.07 Å². The maximum atomic E-state index is 13.7. The van der Waals surface area contributed by atoms with Gasteiger partial charge in [0.25, 0.3) is 0 Å².